The first kappa shape index (κ1) is 17.3. The summed E-state index contributed by atoms with van der Waals surface area (Å²) in [6.45, 7) is 1.48. The number of fused-ring (bicyclic) bond motifs is 1. The van der Waals surface area contributed by atoms with E-state index >= 15 is 0 Å². The Morgan fingerprint density at radius 2 is 1.92 bits per heavy atom. The number of hydrogen-bond acceptors (Lipinski definition) is 3. The summed E-state index contributed by atoms with van der Waals surface area (Å²) < 4.78 is 1.98. The highest BCUT2D eigenvalue weighted by Crippen LogP contribution is 2.30. The standard InChI is InChI=1S/C21H27N3O2/c1-23-19-11-13-24(21(26)16-8-5-9-17(25)14-16)12-10-18(19)20(22-23)15-6-3-2-4-7-15/h2-4,6-7,16-17,25H,5,8-14H2,1H3/t16-,17-/m0/s1. The number of hydrogen-bond donors (Lipinski definition) is 1. The molecule has 1 amide bonds. The van der Waals surface area contributed by atoms with Crippen LogP contribution in [-0.2, 0) is 24.7 Å². The Hall–Kier alpha value is -2.14. The lowest BCUT2D eigenvalue weighted by Crippen LogP contribution is -2.40. The van der Waals surface area contributed by atoms with Gasteiger partial charge in [0.05, 0.1) is 11.8 Å². The lowest BCUT2D eigenvalue weighted by atomic mass is 9.86. The molecule has 1 aliphatic heterocycles. The van der Waals surface area contributed by atoms with Gasteiger partial charge in [-0.2, -0.15) is 5.10 Å². The molecule has 2 atom stereocenters. The maximum Gasteiger partial charge on any atom is 0.225 e. The number of aliphatic hydroxyl groups is 1. The van der Waals surface area contributed by atoms with Crippen molar-refractivity contribution >= 4 is 5.91 Å². The summed E-state index contributed by atoms with van der Waals surface area (Å²) >= 11 is 0. The van der Waals surface area contributed by atoms with E-state index in [1.165, 1.54) is 11.3 Å². The molecule has 0 bridgehead atoms. The van der Waals surface area contributed by atoms with Gasteiger partial charge in [-0.3, -0.25) is 9.48 Å². The normalized spacial score (nSPS) is 23.4. The van der Waals surface area contributed by atoms with Crippen LogP contribution in [0.1, 0.15) is 36.9 Å². The molecule has 1 saturated carbocycles. The summed E-state index contributed by atoms with van der Waals surface area (Å²) in [6.07, 6.45) is 4.70. The van der Waals surface area contributed by atoms with Crippen molar-refractivity contribution in [3.8, 4) is 11.3 Å². The third-order valence-corrected chi connectivity index (χ3v) is 5.88. The van der Waals surface area contributed by atoms with Crippen molar-refractivity contribution in [3.05, 3.63) is 41.6 Å². The van der Waals surface area contributed by atoms with E-state index in [4.69, 9.17) is 5.10 Å². The fourth-order valence-electron chi connectivity index (χ4n) is 4.47. The molecule has 0 spiro atoms. The van der Waals surface area contributed by atoms with Crippen molar-refractivity contribution in [2.24, 2.45) is 13.0 Å². The molecule has 1 aromatic carbocycles. The van der Waals surface area contributed by atoms with Gasteiger partial charge < -0.3 is 10.0 Å². The van der Waals surface area contributed by atoms with Crippen LogP contribution in [0.3, 0.4) is 0 Å². The van der Waals surface area contributed by atoms with Crippen LogP contribution in [0, 0.1) is 5.92 Å². The first-order valence-corrected chi connectivity index (χ1v) is 9.70. The fraction of sp³-hybridized carbons (Fsp3) is 0.524. The maximum atomic E-state index is 13.0. The van der Waals surface area contributed by atoms with Gasteiger partial charge in [0.2, 0.25) is 5.91 Å². The predicted molar refractivity (Wildman–Crippen MR) is 101 cm³/mol. The number of nitrogens with zero attached hydrogens (tertiary/aromatic N) is 3. The van der Waals surface area contributed by atoms with E-state index < -0.39 is 0 Å². The number of carbonyl (C=O) groups excluding carboxylic acids is 1. The maximum absolute atomic E-state index is 13.0. The topological polar surface area (TPSA) is 58.4 Å². The van der Waals surface area contributed by atoms with Gasteiger partial charge in [0, 0.05) is 49.3 Å². The first-order chi connectivity index (χ1) is 12.6. The molecular weight excluding hydrogens is 326 g/mol. The molecule has 138 valence electrons. The molecule has 1 N–H and O–H groups in total. The number of carbonyl (C=O) groups is 1. The lowest BCUT2D eigenvalue weighted by molar-refractivity contribution is -0.137. The average molecular weight is 353 g/mol. The van der Waals surface area contributed by atoms with E-state index in [-0.39, 0.29) is 17.9 Å². The summed E-state index contributed by atoms with van der Waals surface area (Å²) in [5.74, 6) is 0.220. The van der Waals surface area contributed by atoms with Crippen LogP contribution in [0.5, 0.6) is 0 Å². The molecule has 4 rings (SSSR count). The van der Waals surface area contributed by atoms with Crippen LogP contribution in [0.2, 0.25) is 0 Å². The quantitative estimate of drug-likeness (QED) is 0.903. The van der Waals surface area contributed by atoms with Crippen molar-refractivity contribution < 1.29 is 9.90 Å². The number of aliphatic hydroxyl groups excluding tert-OH is 1. The van der Waals surface area contributed by atoms with Crippen LogP contribution in [0.25, 0.3) is 11.3 Å². The molecule has 2 heterocycles. The number of rotatable bonds is 2. The predicted octanol–water partition coefficient (Wildman–Crippen LogP) is 2.57. The third kappa shape index (κ3) is 3.28. The van der Waals surface area contributed by atoms with Crippen molar-refractivity contribution in [2.45, 2.75) is 44.6 Å². The lowest BCUT2D eigenvalue weighted by Gasteiger charge is -2.30. The molecule has 1 aliphatic carbocycles. The molecule has 1 fully saturated rings. The Labute approximate surface area is 154 Å². The minimum absolute atomic E-state index is 0.00770. The minimum Gasteiger partial charge on any atom is -0.393 e. The second-order valence-corrected chi connectivity index (χ2v) is 7.61. The van der Waals surface area contributed by atoms with Gasteiger partial charge in [0.15, 0.2) is 0 Å². The number of aromatic nitrogens is 2. The first-order valence-electron chi connectivity index (χ1n) is 9.70. The van der Waals surface area contributed by atoms with E-state index in [1.54, 1.807) is 0 Å². The van der Waals surface area contributed by atoms with Crippen LogP contribution < -0.4 is 0 Å². The molecular formula is C21H27N3O2. The summed E-state index contributed by atoms with van der Waals surface area (Å²) in [5, 5.41) is 14.7. The molecule has 5 nitrogen and oxygen atoms in total. The zero-order valence-corrected chi connectivity index (χ0v) is 15.4. The highest BCUT2D eigenvalue weighted by molar-refractivity contribution is 5.79. The summed E-state index contributed by atoms with van der Waals surface area (Å²) in [4.78, 5) is 15.0. The second-order valence-electron chi connectivity index (χ2n) is 7.61. The van der Waals surface area contributed by atoms with Gasteiger partial charge in [-0.05, 0) is 25.7 Å². The van der Waals surface area contributed by atoms with E-state index in [2.05, 4.69) is 12.1 Å². The monoisotopic (exact) mass is 353 g/mol. The molecule has 5 heteroatoms. The Kier molecular flexibility index (Phi) is 4.81. The second kappa shape index (κ2) is 7.23. The highest BCUT2D eigenvalue weighted by atomic mass is 16.3. The molecule has 2 aliphatic rings. The van der Waals surface area contributed by atoms with Gasteiger partial charge in [-0.1, -0.05) is 36.8 Å². The van der Waals surface area contributed by atoms with Gasteiger partial charge in [-0.25, -0.2) is 0 Å². The van der Waals surface area contributed by atoms with E-state index in [1.807, 2.05) is 34.8 Å². The Morgan fingerprint density at radius 3 is 2.69 bits per heavy atom. The van der Waals surface area contributed by atoms with E-state index in [0.29, 0.717) is 6.42 Å². The van der Waals surface area contributed by atoms with Crippen LogP contribution in [-0.4, -0.2) is 44.9 Å². The smallest absolute Gasteiger partial charge is 0.225 e. The van der Waals surface area contributed by atoms with E-state index in [0.717, 1.165) is 56.5 Å². The number of benzene rings is 1. The van der Waals surface area contributed by atoms with Crippen molar-refractivity contribution in [1.82, 2.24) is 14.7 Å². The summed E-state index contributed by atoms with van der Waals surface area (Å²) in [6, 6.07) is 10.3. The molecule has 0 radical (unpaired) electrons. The van der Waals surface area contributed by atoms with Gasteiger partial charge in [0.1, 0.15) is 0 Å². The van der Waals surface area contributed by atoms with Gasteiger partial charge in [0.25, 0.3) is 0 Å². The van der Waals surface area contributed by atoms with Crippen molar-refractivity contribution in [1.29, 1.82) is 0 Å². The van der Waals surface area contributed by atoms with Crippen LogP contribution in [0.4, 0.5) is 0 Å². The molecule has 1 aromatic heterocycles. The van der Waals surface area contributed by atoms with Crippen LogP contribution in [0.15, 0.2) is 30.3 Å². The Morgan fingerprint density at radius 1 is 1.15 bits per heavy atom. The molecule has 2 aromatic rings. The molecule has 26 heavy (non-hydrogen) atoms. The molecule has 0 unspecified atom stereocenters. The van der Waals surface area contributed by atoms with Gasteiger partial charge in [-0.15, -0.1) is 0 Å². The zero-order valence-electron chi connectivity index (χ0n) is 15.4. The summed E-state index contributed by atoms with van der Waals surface area (Å²) in [7, 11) is 2.00. The van der Waals surface area contributed by atoms with Gasteiger partial charge >= 0.3 is 0 Å². The fourth-order valence-corrected chi connectivity index (χ4v) is 4.47. The largest absolute Gasteiger partial charge is 0.393 e. The minimum atomic E-state index is -0.309. The number of amides is 1. The summed E-state index contributed by atoms with van der Waals surface area (Å²) in [5.41, 5.74) is 4.70. The number of aryl methyl sites for hydroxylation is 1. The Bertz CT molecular complexity index is 784. The van der Waals surface area contributed by atoms with Crippen molar-refractivity contribution in [2.75, 3.05) is 13.1 Å². The van der Waals surface area contributed by atoms with Crippen LogP contribution >= 0.6 is 0 Å². The van der Waals surface area contributed by atoms with E-state index in [9.17, 15) is 9.90 Å². The highest BCUT2D eigenvalue weighted by Gasteiger charge is 2.31. The Balaban J connectivity index is 1.53. The zero-order chi connectivity index (χ0) is 18.1. The third-order valence-electron chi connectivity index (χ3n) is 5.88. The molecule has 0 saturated heterocycles. The van der Waals surface area contributed by atoms with Crippen molar-refractivity contribution in [3.63, 3.8) is 0 Å². The SMILES string of the molecule is Cn1nc(-c2ccccc2)c2c1CCN(C(=O)[C@H]1CCC[C@H](O)C1)CC2. The average Bonchev–Trinajstić information content (AvgIpc) is 2.83.